The minimum atomic E-state index is -0.283. The number of hydrogen-bond donors (Lipinski definition) is 0. The van der Waals surface area contributed by atoms with Crippen molar-refractivity contribution in [2.24, 2.45) is 0 Å². The van der Waals surface area contributed by atoms with Crippen LogP contribution in [0.1, 0.15) is 12.0 Å². The molecule has 3 aromatic rings. The van der Waals surface area contributed by atoms with Crippen molar-refractivity contribution in [3.63, 3.8) is 0 Å². The maximum absolute atomic E-state index is 12.9. The number of para-hydroxylation sites is 1. The van der Waals surface area contributed by atoms with Crippen LogP contribution in [0.4, 0.5) is 5.69 Å². The van der Waals surface area contributed by atoms with Gasteiger partial charge in [-0.15, -0.1) is 0 Å². The Bertz CT molecular complexity index is 1040. The van der Waals surface area contributed by atoms with Gasteiger partial charge in [-0.2, -0.15) is 5.10 Å². The van der Waals surface area contributed by atoms with E-state index in [1.807, 2.05) is 48.5 Å². The molecule has 0 aliphatic carbocycles. The molecular weight excluding hydrogens is 406 g/mol. The van der Waals surface area contributed by atoms with Crippen LogP contribution in [0.3, 0.4) is 0 Å². The monoisotopic (exact) mass is 423 g/mol. The Balaban J connectivity index is 1.61. The van der Waals surface area contributed by atoms with E-state index in [9.17, 15) is 9.59 Å². The minimum Gasteiger partial charge on any atom is -0.311 e. The maximum atomic E-state index is 12.9. The SMILES string of the molecule is O=C(Cn1nc(-c2ccc(Br)cc2)ccc1=O)N1CCCc2ccccc21. The smallest absolute Gasteiger partial charge is 0.267 e. The molecule has 0 bridgehead atoms. The van der Waals surface area contributed by atoms with Crippen LogP contribution in [-0.4, -0.2) is 22.2 Å². The zero-order valence-electron chi connectivity index (χ0n) is 14.6. The van der Waals surface area contributed by atoms with Crippen molar-refractivity contribution in [3.05, 3.63) is 81.1 Å². The summed E-state index contributed by atoms with van der Waals surface area (Å²) in [6.45, 7) is 0.592. The molecule has 6 heteroatoms. The Kier molecular flexibility index (Phi) is 4.90. The van der Waals surface area contributed by atoms with Gasteiger partial charge in [0.1, 0.15) is 6.54 Å². The minimum absolute atomic E-state index is 0.0719. The lowest BCUT2D eigenvalue weighted by Gasteiger charge is -2.29. The number of aryl methyl sites for hydroxylation is 1. The fourth-order valence-electron chi connectivity index (χ4n) is 3.34. The number of fused-ring (bicyclic) bond motifs is 1. The van der Waals surface area contributed by atoms with Crippen LogP contribution in [0.5, 0.6) is 0 Å². The van der Waals surface area contributed by atoms with E-state index in [1.165, 1.54) is 16.3 Å². The summed E-state index contributed by atoms with van der Waals surface area (Å²) in [7, 11) is 0. The van der Waals surface area contributed by atoms with E-state index < -0.39 is 0 Å². The molecule has 136 valence electrons. The molecule has 4 rings (SSSR count). The molecular formula is C21H18BrN3O2. The van der Waals surface area contributed by atoms with Crippen molar-refractivity contribution in [1.29, 1.82) is 0 Å². The number of amides is 1. The third kappa shape index (κ3) is 3.71. The first-order valence-electron chi connectivity index (χ1n) is 8.84. The van der Waals surface area contributed by atoms with E-state index >= 15 is 0 Å². The average molecular weight is 424 g/mol. The van der Waals surface area contributed by atoms with Gasteiger partial charge in [0.15, 0.2) is 0 Å². The van der Waals surface area contributed by atoms with E-state index in [4.69, 9.17) is 0 Å². The number of anilines is 1. The number of hydrogen-bond acceptors (Lipinski definition) is 3. The molecule has 27 heavy (non-hydrogen) atoms. The van der Waals surface area contributed by atoms with Gasteiger partial charge in [-0.25, -0.2) is 4.68 Å². The highest BCUT2D eigenvalue weighted by Crippen LogP contribution is 2.27. The molecule has 0 N–H and O–H groups in total. The van der Waals surface area contributed by atoms with Gasteiger partial charge in [0.25, 0.3) is 5.56 Å². The van der Waals surface area contributed by atoms with Crippen LogP contribution in [0, 0.1) is 0 Å². The Morgan fingerprint density at radius 2 is 1.81 bits per heavy atom. The predicted molar refractivity (Wildman–Crippen MR) is 109 cm³/mol. The van der Waals surface area contributed by atoms with E-state index in [0.29, 0.717) is 12.2 Å². The molecule has 0 spiro atoms. The van der Waals surface area contributed by atoms with Gasteiger partial charge in [-0.05, 0) is 42.7 Å². The fourth-order valence-corrected chi connectivity index (χ4v) is 3.61. The van der Waals surface area contributed by atoms with Crippen molar-refractivity contribution in [1.82, 2.24) is 9.78 Å². The molecule has 1 amide bonds. The second-order valence-corrected chi connectivity index (χ2v) is 7.41. The molecule has 0 saturated heterocycles. The van der Waals surface area contributed by atoms with Gasteiger partial charge in [-0.3, -0.25) is 9.59 Å². The molecule has 5 nitrogen and oxygen atoms in total. The number of nitrogens with zero attached hydrogens (tertiary/aromatic N) is 3. The largest absolute Gasteiger partial charge is 0.311 e. The van der Waals surface area contributed by atoms with E-state index in [2.05, 4.69) is 21.0 Å². The third-order valence-corrected chi connectivity index (χ3v) is 5.23. The van der Waals surface area contributed by atoms with Crippen LogP contribution >= 0.6 is 15.9 Å². The second-order valence-electron chi connectivity index (χ2n) is 6.50. The van der Waals surface area contributed by atoms with Gasteiger partial charge >= 0.3 is 0 Å². The van der Waals surface area contributed by atoms with Crippen LogP contribution in [0.2, 0.25) is 0 Å². The summed E-state index contributed by atoms with van der Waals surface area (Å²) in [6.07, 6.45) is 1.89. The van der Waals surface area contributed by atoms with Crippen molar-refractivity contribution >= 4 is 27.5 Å². The molecule has 0 fully saturated rings. The number of benzene rings is 2. The molecule has 0 atom stereocenters. The number of carbonyl (C=O) groups excluding carboxylic acids is 1. The van der Waals surface area contributed by atoms with Gasteiger partial charge < -0.3 is 4.90 Å². The first-order valence-corrected chi connectivity index (χ1v) is 9.63. The molecule has 2 aromatic carbocycles. The lowest BCUT2D eigenvalue weighted by molar-refractivity contribution is -0.119. The highest BCUT2D eigenvalue weighted by Gasteiger charge is 2.22. The van der Waals surface area contributed by atoms with Gasteiger partial charge in [0, 0.05) is 28.3 Å². The van der Waals surface area contributed by atoms with Gasteiger partial charge in [0.05, 0.1) is 5.69 Å². The van der Waals surface area contributed by atoms with Crippen molar-refractivity contribution < 1.29 is 4.79 Å². The molecule has 1 aromatic heterocycles. The highest BCUT2D eigenvalue weighted by molar-refractivity contribution is 9.10. The van der Waals surface area contributed by atoms with E-state index in [-0.39, 0.29) is 18.0 Å². The zero-order chi connectivity index (χ0) is 18.8. The number of rotatable bonds is 3. The topological polar surface area (TPSA) is 55.2 Å². The Labute approximate surface area is 165 Å². The molecule has 1 aliphatic rings. The van der Waals surface area contributed by atoms with Crippen molar-refractivity contribution in [2.75, 3.05) is 11.4 Å². The molecule has 2 heterocycles. The van der Waals surface area contributed by atoms with Crippen LogP contribution in [0.25, 0.3) is 11.3 Å². The molecule has 0 radical (unpaired) electrons. The summed E-state index contributed by atoms with van der Waals surface area (Å²) in [4.78, 5) is 26.9. The van der Waals surface area contributed by atoms with Crippen LogP contribution in [0.15, 0.2) is 69.9 Å². The quantitative estimate of drug-likeness (QED) is 0.645. The standard InChI is InChI=1S/C21H18BrN3O2/c22-17-9-7-15(8-10-17)18-11-12-20(26)25(23-18)14-21(27)24-13-3-5-16-4-1-2-6-19(16)24/h1-2,4,6-12H,3,5,13-14H2. The maximum Gasteiger partial charge on any atom is 0.267 e. The first-order chi connectivity index (χ1) is 13.1. The summed E-state index contributed by atoms with van der Waals surface area (Å²) >= 11 is 3.41. The normalized spacial score (nSPS) is 13.3. The number of aromatic nitrogens is 2. The summed E-state index contributed by atoms with van der Waals surface area (Å²) < 4.78 is 2.22. The second kappa shape index (κ2) is 7.48. The molecule has 0 unspecified atom stereocenters. The molecule has 1 aliphatic heterocycles. The lowest BCUT2D eigenvalue weighted by atomic mass is 10.0. The van der Waals surface area contributed by atoms with E-state index in [0.717, 1.165) is 28.6 Å². The number of carbonyl (C=O) groups is 1. The zero-order valence-corrected chi connectivity index (χ0v) is 16.2. The van der Waals surface area contributed by atoms with Crippen LogP contribution < -0.4 is 10.5 Å². The average Bonchev–Trinajstić information content (AvgIpc) is 2.70. The summed E-state index contributed by atoms with van der Waals surface area (Å²) in [5.41, 5.74) is 3.37. The van der Waals surface area contributed by atoms with Crippen molar-refractivity contribution in [2.45, 2.75) is 19.4 Å². The van der Waals surface area contributed by atoms with Crippen molar-refractivity contribution in [3.8, 4) is 11.3 Å². The van der Waals surface area contributed by atoms with Gasteiger partial charge in [0.2, 0.25) is 5.91 Å². The Morgan fingerprint density at radius 1 is 1.04 bits per heavy atom. The summed E-state index contributed by atoms with van der Waals surface area (Å²) in [5, 5.41) is 4.40. The van der Waals surface area contributed by atoms with Crippen LogP contribution in [-0.2, 0) is 17.8 Å². The summed E-state index contributed by atoms with van der Waals surface area (Å²) in [6, 6.07) is 18.8. The Morgan fingerprint density at radius 3 is 2.63 bits per heavy atom. The molecule has 0 saturated carbocycles. The lowest BCUT2D eigenvalue weighted by Crippen LogP contribution is -2.40. The number of halogens is 1. The highest BCUT2D eigenvalue weighted by atomic mass is 79.9. The van der Waals surface area contributed by atoms with E-state index in [1.54, 1.807) is 11.0 Å². The predicted octanol–water partition coefficient (Wildman–Crippen LogP) is 3.65. The summed E-state index contributed by atoms with van der Waals surface area (Å²) in [5.74, 6) is -0.121. The Hall–Kier alpha value is -2.73. The fraction of sp³-hybridized carbons (Fsp3) is 0.190. The third-order valence-electron chi connectivity index (χ3n) is 4.70. The first kappa shape index (κ1) is 17.7. The van der Waals surface area contributed by atoms with Gasteiger partial charge in [-0.1, -0.05) is 46.3 Å².